The minimum absolute atomic E-state index is 0.205. The smallest absolute Gasteiger partial charge is 0.311 e. The lowest BCUT2D eigenvalue weighted by Crippen LogP contribution is -2.14. The van der Waals surface area contributed by atoms with Crippen LogP contribution in [0, 0.1) is 6.92 Å². The Balaban J connectivity index is 1.76. The van der Waals surface area contributed by atoms with Gasteiger partial charge in [0.25, 0.3) is 5.56 Å². The number of nitrogens with one attached hydrogen (secondary N) is 1. The van der Waals surface area contributed by atoms with Crippen LogP contribution in [0.4, 0.5) is 13.2 Å². The molecule has 4 rings (SSSR count). The lowest BCUT2D eigenvalue weighted by atomic mass is 10.0. The van der Waals surface area contributed by atoms with Gasteiger partial charge in [-0.2, -0.15) is 13.2 Å². The topological polar surface area (TPSA) is 76.5 Å². The summed E-state index contributed by atoms with van der Waals surface area (Å²) in [5, 5.41) is 8.52. The molecule has 0 bridgehead atoms. The average Bonchev–Trinajstić information content (AvgIpc) is 2.93. The van der Waals surface area contributed by atoms with E-state index < -0.39 is 11.7 Å². The number of H-pyrrole nitrogens is 1. The van der Waals surface area contributed by atoms with Crippen molar-refractivity contribution in [1.82, 2.24) is 25.0 Å². The van der Waals surface area contributed by atoms with Gasteiger partial charge in [0, 0.05) is 6.07 Å². The normalized spacial score (nSPS) is 17.2. The Hall–Kier alpha value is -2.97. The zero-order chi connectivity index (χ0) is 19.9. The zero-order valence-corrected chi connectivity index (χ0v) is 15.1. The number of hydrogen-bond acceptors (Lipinski definition) is 4. The Morgan fingerprint density at radius 3 is 2.61 bits per heavy atom. The third-order valence-corrected chi connectivity index (χ3v) is 4.95. The summed E-state index contributed by atoms with van der Waals surface area (Å²) in [7, 11) is 0. The molecule has 1 N–H and O–H groups in total. The summed E-state index contributed by atoms with van der Waals surface area (Å²) < 4.78 is 40.3. The van der Waals surface area contributed by atoms with Crippen molar-refractivity contribution in [2.45, 2.75) is 44.8 Å². The maximum Gasteiger partial charge on any atom is 0.416 e. The van der Waals surface area contributed by atoms with E-state index in [-0.39, 0.29) is 11.6 Å². The fourth-order valence-corrected chi connectivity index (χ4v) is 3.65. The summed E-state index contributed by atoms with van der Waals surface area (Å²) >= 11 is 0. The van der Waals surface area contributed by atoms with Crippen molar-refractivity contribution in [3.05, 3.63) is 63.3 Å². The van der Waals surface area contributed by atoms with Gasteiger partial charge < -0.3 is 4.98 Å². The number of nitrogens with zero attached hydrogens (tertiary/aromatic N) is 4. The molecule has 146 valence electrons. The predicted octanol–water partition coefficient (Wildman–Crippen LogP) is 3.67. The molecule has 6 nitrogen and oxygen atoms in total. The van der Waals surface area contributed by atoms with Crippen LogP contribution < -0.4 is 5.56 Å². The van der Waals surface area contributed by atoms with Crippen molar-refractivity contribution < 1.29 is 13.2 Å². The number of alkyl halides is 3. The predicted molar refractivity (Wildman–Crippen MR) is 95.7 cm³/mol. The molecule has 0 saturated heterocycles. The molecule has 0 unspecified atom stereocenters. The fraction of sp³-hybridized carbons (Fsp3) is 0.368. The highest BCUT2D eigenvalue weighted by molar-refractivity contribution is 5.56. The van der Waals surface area contributed by atoms with Crippen molar-refractivity contribution in [3.63, 3.8) is 0 Å². The molecule has 2 aromatic heterocycles. The molecule has 1 aliphatic rings. The summed E-state index contributed by atoms with van der Waals surface area (Å²) in [6, 6.07) is 6.37. The second kappa shape index (κ2) is 6.88. The third-order valence-electron chi connectivity index (χ3n) is 4.95. The molecule has 28 heavy (non-hydrogen) atoms. The Morgan fingerprint density at radius 2 is 1.93 bits per heavy atom. The summed E-state index contributed by atoms with van der Waals surface area (Å²) in [5.74, 6) is 0.483. The number of hydrogen-bond donors (Lipinski definition) is 1. The van der Waals surface area contributed by atoms with Crippen LogP contribution in [-0.2, 0) is 12.6 Å². The average molecular weight is 389 g/mol. The van der Waals surface area contributed by atoms with Crippen molar-refractivity contribution >= 4 is 0 Å². The van der Waals surface area contributed by atoms with Crippen LogP contribution in [0.1, 0.15) is 47.9 Å². The first-order valence-electron chi connectivity index (χ1n) is 9.02. The Bertz CT molecular complexity index is 1050. The second-order valence-electron chi connectivity index (χ2n) is 6.93. The lowest BCUT2D eigenvalue weighted by Gasteiger charge is -2.18. The molecule has 1 aromatic carbocycles. The first-order valence-corrected chi connectivity index (χ1v) is 9.02. The Labute approximate surface area is 158 Å². The first-order chi connectivity index (χ1) is 13.3. The molecule has 0 fully saturated rings. The van der Waals surface area contributed by atoms with Gasteiger partial charge in [-0.1, -0.05) is 23.8 Å². The number of aromatic nitrogens is 5. The monoisotopic (exact) mass is 389 g/mol. The van der Waals surface area contributed by atoms with E-state index in [1.54, 1.807) is 11.6 Å². The van der Waals surface area contributed by atoms with Gasteiger partial charge in [-0.25, -0.2) is 9.67 Å². The summed E-state index contributed by atoms with van der Waals surface area (Å²) in [6.45, 7) is 1.69. The van der Waals surface area contributed by atoms with Gasteiger partial charge in [0.15, 0.2) is 0 Å². The molecule has 0 amide bonds. The zero-order valence-electron chi connectivity index (χ0n) is 15.1. The molecule has 1 aliphatic heterocycles. The summed E-state index contributed by atoms with van der Waals surface area (Å²) in [6.07, 6.45) is -1.08. The van der Waals surface area contributed by atoms with Crippen molar-refractivity contribution in [1.29, 1.82) is 0 Å². The Morgan fingerprint density at radius 1 is 1.18 bits per heavy atom. The third kappa shape index (κ3) is 3.44. The van der Waals surface area contributed by atoms with Crippen molar-refractivity contribution in [2.24, 2.45) is 0 Å². The molecule has 3 aromatic rings. The van der Waals surface area contributed by atoms with Crippen LogP contribution in [0.5, 0.6) is 0 Å². The van der Waals surface area contributed by atoms with E-state index in [1.807, 2.05) is 0 Å². The van der Waals surface area contributed by atoms with E-state index >= 15 is 0 Å². The van der Waals surface area contributed by atoms with E-state index in [1.165, 1.54) is 18.2 Å². The molecular formula is C19H18F3N5O. The van der Waals surface area contributed by atoms with E-state index in [2.05, 4.69) is 20.3 Å². The largest absolute Gasteiger partial charge is 0.416 e. The van der Waals surface area contributed by atoms with Crippen LogP contribution in [-0.4, -0.2) is 25.0 Å². The fourth-order valence-electron chi connectivity index (χ4n) is 3.65. The summed E-state index contributed by atoms with van der Waals surface area (Å²) in [4.78, 5) is 18.8. The van der Waals surface area contributed by atoms with Gasteiger partial charge in [-0.05, 0) is 43.9 Å². The van der Waals surface area contributed by atoms with Crippen molar-refractivity contribution in [3.8, 4) is 11.4 Å². The molecule has 9 heteroatoms. The highest BCUT2D eigenvalue weighted by atomic mass is 19.4. The Kier molecular flexibility index (Phi) is 4.52. The highest BCUT2D eigenvalue weighted by Gasteiger charge is 2.31. The van der Waals surface area contributed by atoms with Gasteiger partial charge in [0.2, 0.25) is 0 Å². The van der Waals surface area contributed by atoms with E-state index in [0.717, 1.165) is 42.7 Å². The van der Waals surface area contributed by atoms with Crippen LogP contribution in [0.2, 0.25) is 0 Å². The molecule has 0 aliphatic carbocycles. The molecule has 0 saturated carbocycles. The van der Waals surface area contributed by atoms with Crippen LogP contribution >= 0.6 is 0 Å². The number of fused-ring (bicyclic) bond motifs is 1. The highest BCUT2D eigenvalue weighted by Crippen LogP contribution is 2.34. The number of aromatic amines is 1. The van der Waals surface area contributed by atoms with Gasteiger partial charge in [-0.3, -0.25) is 4.79 Å². The minimum Gasteiger partial charge on any atom is -0.311 e. The first kappa shape index (κ1) is 18.4. The number of aryl methyl sites for hydroxylation is 1. The summed E-state index contributed by atoms with van der Waals surface area (Å²) in [5.41, 5.74) is 1.66. The molecular weight excluding hydrogens is 371 g/mol. The van der Waals surface area contributed by atoms with Gasteiger partial charge in [0.1, 0.15) is 17.2 Å². The van der Waals surface area contributed by atoms with Crippen LogP contribution in [0.3, 0.4) is 0 Å². The van der Waals surface area contributed by atoms with Crippen molar-refractivity contribution in [2.75, 3.05) is 0 Å². The van der Waals surface area contributed by atoms with Gasteiger partial charge in [-0.15, -0.1) is 5.10 Å². The molecule has 1 atom stereocenters. The van der Waals surface area contributed by atoms with E-state index in [9.17, 15) is 18.0 Å². The maximum atomic E-state index is 12.9. The molecule has 0 spiro atoms. The van der Waals surface area contributed by atoms with E-state index in [4.69, 9.17) is 0 Å². The SMILES string of the molecule is Cc1nc(-c2nnn3c2CCCC[C@@H]3c2ccc(C(F)(F)F)cc2)cc(=O)[nH]1. The van der Waals surface area contributed by atoms with Gasteiger partial charge in [0.05, 0.1) is 17.3 Å². The molecule has 3 heterocycles. The second-order valence-corrected chi connectivity index (χ2v) is 6.93. The minimum atomic E-state index is -4.36. The standard InChI is InChI=1S/C19H18F3N5O/c1-11-23-14(10-17(28)24-11)18-16-5-3-2-4-15(27(16)26-25-18)12-6-8-13(9-7-12)19(20,21)22/h6-10,15H,2-5H2,1H3,(H,23,24,28)/t15-/m1/s1. The number of rotatable bonds is 2. The molecule has 0 radical (unpaired) electrons. The van der Waals surface area contributed by atoms with E-state index in [0.29, 0.717) is 23.6 Å². The number of benzene rings is 1. The maximum absolute atomic E-state index is 12.9. The number of halogens is 3. The van der Waals surface area contributed by atoms with Crippen LogP contribution in [0.15, 0.2) is 35.1 Å². The van der Waals surface area contributed by atoms with Gasteiger partial charge >= 0.3 is 6.18 Å². The lowest BCUT2D eigenvalue weighted by molar-refractivity contribution is -0.137. The quantitative estimate of drug-likeness (QED) is 0.726. The van der Waals surface area contributed by atoms with Crippen LogP contribution in [0.25, 0.3) is 11.4 Å².